The van der Waals surface area contributed by atoms with Crippen molar-refractivity contribution in [1.82, 2.24) is 9.78 Å². The molecule has 7 heteroatoms. The summed E-state index contributed by atoms with van der Waals surface area (Å²) in [6.45, 7) is -0.475. The molecule has 1 heterocycles. The smallest absolute Gasteiger partial charge is 0.325 e. The fraction of sp³-hybridized carbons (Fsp3) is 0.688. The molecule has 23 heavy (non-hydrogen) atoms. The average Bonchev–Trinajstić information content (AvgIpc) is 2.48. The van der Waals surface area contributed by atoms with Crippen molar-refractivity contribution in [2.24, 2.45) is 23.7 Å². The van der Waals surface area contributed by atoms with Gasteiger partial charge in [0.2, 0.25) is 0 Å². The van der Waals surface area contributed by atoms with Crippen molar-refractivity contribution in [1.29, 1.82) is 0 Å². The van der Waals surface area contributed by atoms with Crippen molar-refractivity contribution in [3.8, 4) is 0 Å². The topological polar surface area (TPSA) is 84.2 Å². The molecule has 4 fully saturated rings. The maximum atomic E-state index is 12.1. The largest absolute Gasteiger partial charge is 0.480 e. The molecule has 4 saturated carbocycles. The van der Waals surface area contributed by atoms with Gasteiger partial charge in [-0.3, -0.25) is 9.59 Å². The Kier molecular flexibility index (Phi) is 3.59. The lowest BCUT2D eigenvalue weighted by molar-refractivity contribution is -0.138. The first-order chi connectivity index (χ1) is 11.0. The van der Waals surface area contributed by atoms with Crippen LogP contribution in [0.2, 0.25) is 5.02 Å². The van der Waals surface area contributed by atoms with Gasteiger partial charge in [0.05, 0.1) is 11.9 Å². The number of rotatable bonds is 4. The lowest BCUT2D eigenvalue weighted by Gasteiger charge is -2.54. The van der Waals surface area contributed by atoms with Crippen LogP contribution in [-0.2, 0) is 11.3 Å². The van der Waals surface area contributed by atoms with Crippen LogP contribution in [0.5, 0.6) is 0 Å². The van der Waals surface area contributed by atoms with Gasteiger partial charge in [-0.05, 0) is 55.8 Å². The highest BCUT2D eigenvalue weighted by Crippen LogP contribution is 2.54. The van der Waals surface area contributed by atoms with Crippen LogP contribution in [0.1, 0.15) is 32.1 Å². The van der Waals surface area contributed by atoms with E-state index in [0.717, 1.165) is 16.5 Å². The van der Waals surface area contributed by atoms with E-state index >= 15 is 0 Å². The van der Waals surface area contributed by atoms with E-state index in [4.69, 9.17) is 16.7 Å². The number of carboxylic acids is 1. The molecule has 4 bridgehead atoms. The Hall–Kier alpha value is -1.56. The van der Waals surface area contributed by atoms with E-state index in [2.05, 4.69) is 10.4 Å². The minimum atomic E-state index is -1.11. The molecular formula is C16H20ClN3O3. The molecule has 6 nitrogen and oxygen atoms in total. The van der Waals surface area contributed by atoms with Crippen molar-refractivity contribution >= 4 is 23.3 Å². The fourth-order valence-corrected chi connectivity index (χ4v) is 5.35. The summed E-state index contributed by atoms with van der Waals surface area (Å²) in [7, 11) is 0. The van der Waals surface area contributed by atoms with Gasteiger partial charge in [0, 0.05) is 6.04 Å². The number of anilines is 1. The standard InChI is InChI=1S/C16H20ClN3O3/c17-14-12(6-18-20(16(14)23)7-13(21)22)19-15-10-2-8-1-9(4-10)5-11(15)3-8/h6,8-11,15,19H,1-5,7H2,(H,21,22). The van der Waals surface area contributed by atoms with Crippen LogP contribution in [0.3, 0.4) is 0 Å². The summed E-state index contributed by atoms with van der Waals surface area (Å²) in [6.07, 6.45) is 7.96. The van der Waals surface area contributed by atoms with Gasteiger partial charge >= 0.3 is 5.97 Å². The van der Waals surface area contributed by atoms with Crippen molar-refractivity contribution < 1.29 is 9.90 Å². The second-order valence-corrected chi connectivity index (χ2v) is 7.71. The highest BCUT2D eigenvalue weighted by atomic mass is 35.5. The molecule has 2 N–H and O–H groups in total. The van der Waals surface area contributed by atoms with Crippen LogP contribution in [-0.4, -0.2) is 26.9 Å². The Labute approximate surface area is 138 Å². The Morgan fingerprint density at radius 1 is 1.26 bits per heavy atom. The Balaban J connectivity index is 1.56. The van der Waals surface area contributed by atoms with Gasteiger partial charge in [0.15, 0.2) is 0 Å². The van der Waals surface area contributed by atoms with Gasteiger partial charge in [-0.1, -0.05) is 11.6 Å². The lowest BCUT2D eigenvalue weighted by Crippen LogP contribution is -2.51. The third-order valence-electron chi connectivity index (χ3n) is 5.82. The van der Waals surface area contributed by atoms with Crippen LogP contribution < -0.4 is 10.9 Å². The van der Waals surface area contributed by atoms with E-state index < -0.39 is 18.1 Å². The van der Waals surface area contributed by atoms with Gasteiger partial charge < -0.3 is 10.4 Å². The van der Waals surface area contributed by atoms with E-state index in [1.54, 1.807) is 0 Å². The zero-order valence-electron chi connectivity index (χ0n) is 12.7. The first kappa shape index (κ1) is 15.0. The molecule has 0 aromatic carbocycles. The summed E-state index contributed by atoms with van der Waals surface area (Å²) < 4.78 is 0.882. The molecule has 1 aromatic rings. The predicted octanol–water partition coefficient (Wildman–Crippen LogP) is 2.22. The van der Waals surface area contributed by atoms with Crippen LogP contribution in [0, 0.1) is 23.7 Å². The third kappa shape index (κ3) is 2.63. The SMILES string of the molecule is O=C(O)Cn1ncc(NC2C3CC4CC(C3)CC2C4)c(Cl)c1=O. The molecule has 4 aliphatic rings. The molecule has 1 aromatic heterocycles. The Bertz CT molecular complexity index is 674. The molecule has 4 aliphatic carbocycles. The number of carbonyl (C=O) groups is 1. The number of nitrogens with one attached hydrogen (secondary N) is 1. The summed E-state index contributed by atoms with van der Waals surface area (Å²) in [5.41, 5.74) is -0.0151. The molecule has 0 saturated heterocycles. The van der Waals surface area contributed by atoms with Crippen molar-refractivity contribution in [2.45, 2.75) is 44.7 Å². The second-order valence-electron chi connectivity index (χ2n) is 7.33. The zero-order valence-corrected chi connectivity index (χ0v) is 13.5. The molecule has 124 valence electrons. The van der Waals surface area contributed by atoms with E-state index in [-0.39, 0.29) is 5.02 Å². The number of halogens is 1. The first-order valence-electron chi connectivity index (χ1n) is 8.25. The van der Waals surface area contributed by atoms with Crippen LogP contribution >= 0.6 is 11.6 Å². The normalized spacial score (nSPS) is 34.6. The van der Waals surface area contributed by atoms with Gasteiger partial charge in [-0.15, -0.1) is 0 Å². The van der Waals surface area contributed by atoms with Crippen LogP contribution in [0.15, 0.2) is 11.0 Å². The summed E-state index contributed by atoms with van der Waals surface area (Å²) >= 11 is 6.17. The predicted molar refractivity (Wildman–Crippen MR) is 85.6 cm³/mol. The molecule has 0 spiro atoms. The molecule has 0 unspecified atom stereocenters. The van der Waals surface area contributed by atoms with E-state index in [9.17, 15) is 9.59 Å². The highest BCUT2D eigenvalue weighted by molar-refractivity contribution is 6.32. The molecular weight excluding hydrogens is 318 g/mol. The van der Waals surface area contributed by atoms with Crippen LogP contribution in [0.4, 0.5) is 5.69 Å². The van der Waals surface area contributed by atoms with E-state index in [1.807, 2.05) is 0 Å². The molecule has 5 rings (SSSR count). The minimum absolute atomic E-state index is 0.0371. The fourth-order valence-electron chi connectivity index (χ4n) is 5.15. The van der Waals surface area contributed by atoms with Crippen molar-refractivity contribution in [3.05, 3.63) is 21.6 Å². The second kappa shape index (κ2) is 5.51. The summed E-state index contributed by atoms with van der Waals surface area (Å²) in [4.78, 5) is 22.9. The summed E-state index contributed by atoms with van der Waals surface area (Å²) in [5, 5.41) is 16.2. The highest BCUT2D eigenvalue weighted by Gasteiger charge is 2.48. The Morgan fingerprint density at radius 2 is 1.87 bits per heavy atom. The van der Waals surface area contributed by atoms with Crippen molar-refractivity contribution in [3.63, 3.8) is 0 Å². The minimum Gasteiger partial charge on any atom is -0.480 e. The first-order valence-corrected chi connectivity index (χ1v) is 8.63. The molecule has 0 aliphatic heterocycles. The molecule has 0 radical (unpaired) electrons. The van der Waals surface area contributed by atoms with Gasteiger partial charge in [-0.25, -0.2) is 4.68 Å². The number of carboxylic acid groups (broad SMARTS) is 1. The number of hydrogen-bond donors (Lipinski definition) is 2. The van der Waals surface area contributed by atoms with Crippen LogP contribution in [0.25, 0.3) is 0 Å². The molecule has 0 atom stereocenters. The summed E-state index contributed by atoms with van der Waals surface area (Å²) in [5.74, 6) is 1.96. The van der Waals surface area contributed by atoms with Gasteiger partial charge in [-0.2, -0.15) is 5.10 Å². The van der Waals surface area contributed by atoms with E-state index in [1.165, 1.54) is 38.3 Å². The van der Waals surface area contributed by atoms with Crippen molar-refractivity contribution in [2.75, 3.05) is 5.32 Å². The summed E-state index contributed by atoms with van der Waals surface area (Å²) in [6, 6.07) is 0.358. The quantitative estimate of drug-likeness (QED) is 0.880. The number of aromatic nitrogens is 2. The monoisotopic (exact) mass is 337 g/mol. The number of aliphatic carboxylic acids is 1. The van der Waals surface area contributed by atoms with E-state index in [0.29, 0.717) is 23.6 Å². The zero-order chi connectivity index (χ0) is 16.1. The lowest BCUT2D eigenvalue weighted by atomic mass is 9.54. The average molecular weight is 338 g/mol. The third-order valence-corrected chi connectivity index (χ3v) is 6.18. The number of hydrogen-bond acceptors (Lipinski definition) is 4. The maximum absolute atomic E-state index is 12.1. The van der Waals surface area contributed by atoms with Gasteiger partial charge in [0.1, 0.15) is 11.6 Å². The maximum Gasteiger partial charge on any atom is 0.325 e. The number of nitrogens with zero attached hydrogens (tertiary/aromatic N) is 2. The van der Waals surface area contributed by atoms with Gasteiger partial charge in [0.25, 0.3) is 5.56 Å². The molecule has 0 amide bonds. The Morgan fingerprint density at radius 3 is 2.43 bits per heavy atom.